The molecule has 1 heterocycles. The largest absolute Gasteiger partial charge is 0.341 e. The molecule has 0 spiro atoms. The van der Waals surface area contributed by atoms with E-state index in [4.69, 9.17) is 11.6 Å². The van der Waals surface area contributed by atoms with Crippen molar-refractivity contribution in [2.24, 2.45) is 0 Å². The van der Waals surface area contributed by atoms with Crippen molar-refractivity contribution in [1.29, 1.82) is 0 Å². The molecule has 1 saturated heterocycles. The van der Waals surface area contributed by atoms with Crippen LogP contribution in [0.2, 0.25) is 5.02 Å². The normalized spacial score (nSPS) is 18.7. The summed E-state index contributed by atoms with van der Waals surface area (Å²) >= 11 is 5.81. The van der Waals surface area contributed by atoms with E-state index in [1.165, 1.54) is 12.1 Å². The van der Waals surface area contributed by atoms with E-state index in [2.05, 4.69) is 22.5 Å². The molecule has 150 valence electrons. The van der Waals surface area contributed by atoms with Crippen LogP contribution in [-0.2, 0) is 0 Å². The van der Waals surface area contributed by atoms with E-state index < -0.39 is 5.82 Å². The van der Waals surface area contributed by atoms with Crippen LogP contribution in [0.25, 0.3) is 0 Å². The first-order valence-corrected chi connectivity index (χ1v) is 9.83. The number of hydrogen-bond donors (Lipinski definition) is 2. The van der Waals surface area contributed by atoms with Gasteiger partial charge in [0.1, 0.15) is 5.82 Å². The molecule has 0 radical (unpaired) electrons. The van der Waals surface area contributed by atoms with Gasteiger partial charge < -0.3 is 20.4 Å². The van der Waals surface area contributed by atoms with Gasteiger partial charge in [-0.25, -0.2) is 14.0 Å². The molecule has 2 aliphatic rings. The summed E-state index contributed by atoms with van der Waals surface area (Å²) in [5.41, 5.74) is 0.465. The molecule has 4 amide bonds. The summed E-state index contributed by atoms with van der Waals surface area (Å²) in [5.74, 6) is 5.19. The van der Waals surface area contributed by atoms with Crippen LogP contribution in [0, 0.1) is 17.7 Å². The molecule has 3 rings (SSSR count). The fourth-order valence-electron chi connectivity index (χ4n) is 3.49. The lowest BCUT2D eigenvalue weighted by Crippen LogP contribution is -2.56. The fourth-order valence-corrected chi connectivity index (χ4v) is 3.71. The number of halogens is 2. The fraction of sp³-hybridized carbons (Fsp3) is 0.500. The first-order chi connectivity index (χ1) is 13.5. The molecule has 8 heteroatoms. The van der Waals surface area contributed by atoms with Gasteiger partial charge in [-0.15, -0.1) is 0 Å². The van der Waals surface area contributed by atoms with E-state index in [-0.39, 0.29) is 35.7 Å². The van der Waals surface area contributed by atoms with Gasteiger partial charge in [-0.05, 0) is 43.9 Å². The second kappa shape index (κ2) is 9.16. The molecule has 0 aromatic heterocycles. The Morgan fingerprint density at radius 1 is 1.29 bits per heavy atom. The van der Waals surface area contributed by atoms with Crippen molar-refractivity contribution in [1.82, 2.24) is 20.4 Å². The number of rotatable bonds is 3. The summed E-state index contributed by atoms with van der Waals surface area (Å²) < 4.78 is 13.3. The van der Waals surface area contributed by atoms with Crippen LogP contribution in [0.1, 0.15) is 31.2 Å². The first-order valence-electron chi connectivity index (χ1n) is 9.45. The lowest BCUT2D eigenvalue weighted by atomic mass is 10.0. The zero-order valence-corrected chi connectivity index (χ0v) is 16.6. The molecular weight excluding hydrogens is 383 g/mol. The Labute approximate surface area is 169 Å². The number of piperidine rings is 1. The molecule has 6 nitrogen and oxygen atoms in total. The number of amides is 4. The summed E-state index contributed by atoms with van der Waals surface area (Å²) in [6.45, 7) is 1.40. The van der Waals surface area contributed by atoms with Crippen LogP contribution < -0.4 is 10.6 Å². The number of benzene rings is 1. The average Bonchev–Trinajstić information content (AvgIpc) is 3.49. The highest BCUT2D eigenvalue weighted by molar-refractivity contribution is 6.30. The highest BCUT2D eigenvalue weighted by Gasteiger charge is 2.39. The quantitative estimate of drug-likeness (QED) is 0.758. The van der Waals surface area contributed by atoms with Crippen molar-refractivity contribution >= 4 is 23.7 Å². The molecule has 28 heavy (non-hydrogen) atoms. The third kappa shape index (κ3) is 5.29. The van der Waals surface area contributed by atoms with E-state index in [9.17, 15) is 14.0 Å². The van der Waals surface area contributed by atoms with Gasteiger partial charge in [0, 0.05) is 36.8 Å². The van der Waals surface area contributed by atoms with Crippen LogP contribution in [0.15, 0.2) is 18.2 Å². The van der Waals surface area contributed by atoms with Gasteiger partial charge in [-0.2, -0.15) is 0 Å². The maximum absolute atomic E-state index is 13.3. The van der Waals surface area contributed by atoms with Crippen LogP contribution in [0.5, 0.6) is 0 Å². The number of nitrogens with one attached hydrogen (secondary N) is 2. The molecule has 1 aromatic rings. The number of carbonyl (C=O) groups is 2. The zero-order valence-electron chi connectivity index (χ0n) is 15.8. The van der Waals surface area contributed by atoms with Crippen molar-refractivity contribution in [2.75, 3.05) is 26.7 Å². The average molecular weight is 407 g/mol. The Bertz CT molecular complexity index is 783. The van der Waals surface area contributed by atoms with Gasteiger partial charge in [-0.3, -0.25) is 0 Å². The van der Waals surface area contributed by atoms with Crippen molar-refractivity contribution < 1.29 is 14.0 Å². The minimum atomic E-state index is -0.446. The van der Waals surface area contributed by atoms with Gasteiger partial charge in [0.25, 0.3) is 0 Å². The minimum Gasteiger partial charge on any atom is -0.341 e. The third-order valence-electron chi connectivity index (χ3n) is 4.89. The van der Waals surface area contributed by atoms with Gasteiger partial charge in [0.15, 0.2) is 0 Å². The molecule has 1 aliphatic heterocycles. The van der Waals surface area contributed by atoms with Gasteiger partial charge in [-0.1, -0.05) is 23.4 Å². The third-order valence-corrected chi connectivity index (χ3v) is 5.11. The highest BCUT2D eigenvalue weighted by atomic mass is 35.5. The van der Waals surface area contributed by atoms with Crippen LogP contribution in [0.4, 0.5) is 14.0 Å². The number of urea groups is 2. The van der Waals surface area contributed by atoms with Crippen molar-refractivity contribution in [3.05, 3.63) is 34.6 Å². The van der Waals surface area contributed by atoms with Crippen molar-refractivity contribution in [3.8, 4) is 11.8 Å². The van der Waals surface area contributed by atoms with Gasteiger partial charge in [0.05, 0.1) is 12.6 Å². The van der Waals surface area contributed by atoms with E-state index in [1.807, 2.05) is 4.90 Å². The second-order valence-electron chi connectivity index (χ2n) is 7.05. The van der Waals surface area contributed by atoms with E-state index in [0.717, 1.165) is 25.7 Å². The Hall–Kier alpha value is -2.46. The van der Waals surface area contributed by atoms with Crippen LogP contribution in [-0.4, -0.2) is 60.6 Å². The summed E-state index contributed by atoms with van der Waals surface area (Å²) in [6, 6.07) is 4.04. The Morgan fingerprint density at radius 2 is 2.07 bits per heavy atom. The molecule has 1 atom stereocenters. The van der Waals surface area contributed by atoms with E-state index in [0.29, 0.717) is 18.7 Å². The molecule has 0 unspecified atom stereocenters. The molecule has 1 saturated carbocycles. The summed E-state index contributed by atoms with van der Waals surface area (Å²) in [5, 5.41) is 5.76. The summed E-state index contributed by atoms with van der Waals surface area (Å²) in [4.78, 5) is 28.3. The first kappa shape index (κ1) is 20.3. The molecule has 1 aromatic carbocycles. The summed E-state index contributed by atoms with van der Waals surface area (Å²) in [7, 11) is 1.61. The van der Waals surface area contributed by atoms with E-state index >= 15 is 0 Å². The van der Waals surface area contributed by atoms with E-state index in [1.54, 1.807) is 18.0 Å². The Balaban J connectivity index is 1.58. The molecule has 0 bridgehead atoms. The smallest absolute Gasteiger partial charge is 0.318 e. The molecular formula is C20H24ClFN4O2. The monoisotopic (exact) mass is 406 g/mol. The van der Waals surface area contributed by atoms with Crippen LogP contribution >= 0.6 is 11.6 Å². The highest BCUT2D eigenvalue weighted by Crippen LogP contribution is 2.31. The maximum atomic E-state index is 13.3. The number of likely N-dealkylation sites (tertiary alicyclic amines) is 1. The summed E-state index contributed by atoms with van der Waals surface area (Å²) in [6.07, 6.45) is 3.72. The molecule has 2 N–H and O–H groups in total. The Morgan fingerprint density at radius 3 is 2.75 bits per heavy atom. The maximum Gasteiger partial charge on any atom is 0.318 e. The molecule has 1 aliphatic carbocycles. The topological polar surface area (TPSA) is 64.7 Å². The predicted molar refractivity (Wildman–Crippen MR) is 106 cm³/mol. The molecule has 2 fully saturated rings. The minimum absolute atomic E-state index is 0.00790. The lowest BCUT2D eigenvalue weighted by Gasteiger charge is -2.39. The number of nitrogens with zero attached hydrogens (tertiary/aromatic N) is 2. The van der Waals surface area contributed by atoms with Crippen molar-refractivity contribution in [3.63, 3.8) is 0 Å². The zero-order chi connectivity index (χ0) is 20.1. The number of carbonyl (C=O) groups excluding carboxylic acids is 2. The lowest BCUT2D eigenvalue weighted by molar-refractivity contribution is 0.116. The number of hydrogen-bond acceptors (Lipinski definition) is 2. The predicted octanol–water partition coefficient (Wildman–Crippen LogP) is 2.81. The van der Waals surface area contributed by atoms with Gasteiger partial charge in [0.2, 0.25) is 0 Å². The Kier molecular flexibility index (Phi) is 6.63. The standard InChI is InChI=1S/C20H24ClFN4O2/c1-23-19(27)25-9-3-5-18(13-25)26(17-6-7-17)20(28)24-8-2-4-14-10-15(21)12-16(22)11-14/h10-12,17-18H,3,5-9,13H2,1H3,(H,23,27)(H,24,28)/t18-/m1/s1. The van der Waals surface area contributed by atoms with Crippen molar-refractivity contribution in [2.45, 2.75) is 37.8 Å². The van der Waals surface area contributed by atoms with Gasteiger partial charge >= 0.3 is 12.1 Å². The second-order valence-corrected chi connectivity index (χ2v) is 7.49. The van der Waals surface area contributed by atoms with Crippen LogP contribution in [0.3, 0.4) is 0 Å². The SMILES string of the molecule is CNC(=O)N1CCC[C@@H](N(C(=O)NCC#Cc2cc(F)cc(Cl)c2)C2CC2)C1.